The average Bonchev–Trinajstić information content (AvgIpc) is 2.19. The Hall–Kier alpha value is -1.19. The zero-order valence-corrected chi connectivity index (χ0v) is 9.65. The molecule has 1 rings (SSSR count). The third-order valence-corrected chi connectivity index (χ3v) is 2.57. The summed E-state index contributed by atoms with van der Waals surface area (Å²) in [6.45, 7) is 5.39. The molecule has 90 valence electrons. The van der Waals surface area contributed by atoms with Crippen molar-refractivity contribution in [2.45, 2.75) is 39.4 Å². The van der Waals surface area contributed by atoms with E-state index in [2.05, 4.69) is 5.32 Å². The van der Waals surface area contributed by atoms with Gasteiger partial charge in [0.25, 0.3) is 0 Å². The third-order valence-electron chi connectivity index (χ3n) is 2.57. The van der Waals surface area contributed by atoms with Crippen molar-refractivity contribution in [3.8, 4) is 0 Å². The number of rotatable bonds is 3. The van der Waals surface area contributed by atoms with Gasteiger partial charge in [-0.25, -0.2) is 0 Å². The zero-order chi connectivity index (χ0) is 12.3. The first kappa shape index (κ1) is 12.9. The Kier molecular flexibility index (Phi) is 3.83. The number of halogens is 3. The first-order valence-corrected chi connectivity index (χ1v) is 5.29. The molecular weight excluding hydrogens is 215 g/mol. The van der Waals surface area contributed by atoms with Crippen molar-refractivity contribution in [3.63, 3.8) is 0 Å². The maximum atomic E-state index is 12.6. The van der Waals surface area contributed by atoms with Gasteiger partial charge in [-0.2, -0.15) is 13.2 Å². The van der Waals surface area contributed by atoms with Crippen LogP contribution in [0, 0.1) is 6.92 Å². The molecule has 0 aliphatic heterocycles. The molecule has 0 aliphatic rings. The normalized spacial score (nSPS) is 13.6. The van der Waals surface area contributed by atoms with E-state index in [9.17, 15) is 13.2 Å². The Labute approximate surface area is 93.7 Å². The van der Waals surface area contributed by atoms with E-state index >= 15 is 0 Å². The fraction of sp³-hybridized carbons (Fsp3) is 0.500. The molecule has 0 heterocycles. The Morgan fingerprint density at radius 3 is 2.44 bits per heavy atom. The zero-order valence-electron chi connectivity index (χ0n) is 9.65. The molecule has 0 aromatic heterocycles. The van der Waals surface area contributed by atoms with Crippen molar-refractivity contribution in [1.29, 1.82) is 0 Å². The van der Waals surface area contributed by atoms with Crippen LogP contribution in [0.4, 0.5) is 18.9 Å². The summed E-state index contributed by atoms with van der Waals surface area (Å²) < 4.78 is 37.9. The van der Waals surface area contributed by atoms with Crippen LogP contribution in [-0.4, -0.2) is 6.04 Å². The van der Waals surface area contributed by atoms with E-state index < -0.39 is 11.7 Å². The molecule has 1 unspecified atom stereocenters. The van der Waals surface area contributed by atoms with E-state index in [1.54, 1.807) is 6.07 Å². The summed E-state index contributed by atoms with van der Waals surface area (Å²) in [5, 5.41) is 3.03. The summed E-state index contributed by atoms with van der Waals surface area (Å²) in [7, 11) is 0. The second-order valence-electron chi connectivity index (χ2n) is 3.98. The SMILES string of the molecule is CCC(C)Nc1ccc(C)c(C(F)(F)F)c1. The topological polar surface area (TPSA) is 12.0 Å². The Morgan fingerprint density at radius 2 is 1.94 bits per heavy atom. The van der Waals surface area contributed by atoms with E-state index in [0.29, 0.717) is 5.69 Å². The molecule has 1 N–H and O–H groups in total. The van der Waals surface area contributed by atoms with Gasteiger partial charge in [-0.3, -0.25) is 0 Å². The molecule has 1 aromatic rings. The van der Waals surface area contributed by atoms with Gasteiger partial charge in [0.05, 0.1) is 5.56 Å². The number of nitrogens with one attached hydrogen (secondary N) is 1. The molecule has 0 saturated heterocycles. The van der Waals surface area contributed by atoms with Gasteiger partial charge in [-0.05, 0) is 38.0 Å². The fourth-order valence-corrected chi connectivity index (χ4v) is 1.40. The molecule has 0 spiro atoms. The molecule has 1 aromatic carbocycles. The summed E-state index contributed by atoms with van der Waals surface area (Å²) in [4.78, 5) is 0. The highest BCUT2D eigenvalue weighted by molar-refractivity contribution is 5.49. The van der Waals surface area contributed by atoms with E-state index in [1.807, 2.05) is 13.8 Å². The molecule has 16 heavy (non-hydrogen) atoms. The predicted octanol–water partition coefficient (Wildman–Crippen LogP) is 4.22. The number of aryl methyl sites for hydroxylation is 1. The first-order valence-electron chi connectivity index (χ1n) is 5.29. The molecule has 0 saturated carbocycles. The van der Waals surface area contributed by atoms with Gasteiger partial charge >= 0.3 is 6.18 Å². The first-order chi connectivity index (χ1) is 7.34. The Bertz CT molecular complexity index is 358. The van der Waals surface area contributed by atoms with Crippen LogP contribution in [0.2, 0.25) is 0 Å². The lowest BCUT2D eigenvalue weighted by Gasteiger charge is -2.16. The number of benzene rings is 1. The highest BCUT2D eigenvalue weighted by Crippen LogP contribution is 2.33. The summed E-state index contributed by atoms with van der Waals surface area (Å²) in [6, 6.07) is 4.51. The summed E-state index contributed by atoms with van der Waals surface area (Å²) >= 11 is 0. The highest BCUT2D eigenvalue weighted by Gasteiger charge is 2.32. The van der Waals surface area contributed by atoms with Crippen LogP contribution in [0.25, 0.3) is 0 Å². The average molecular weight is 231 g/mol. The number of hydrogen-bond donors (Lipinski definition) is 1. The van der Waals surface area contributed by atoms with Gasteiger partial charge in [0.15, 0.2) is 0 Å². The lowest BCUT2D eigenvalue weighted by molar-refractivity contribution is -0.138. The number of alkyl halides is 3. The monoisotopic (exact) mass is 231 g/mol. The van der Waals surface area contributed by atoms with Crippen molar-refractivity contribution >= 4 is 5.69 Å². The molecule has 0 bridgehead atoms. The second-order valence-corrected chi connectivity index (χ2v) is 3.98. The van der Waals surface area contributed by atoms with E-state index in [1.165, 1.54) is 19.1 Å². The van der Waals surface area contributed by atoms with Crippen molar-refractivity contribution in [3.05, 3.63) is 29.3 Å². The van der Waals surface area contributed by atoms with Crippen molar-refractivity contribution in [1.82, 2.24) is 0 Å². The summed E-state index contributed by atoms with van der Waals surface area (Å²) in [5.74, 6) is 0. The van der Waals surface area contributed by atoms with Gasteiger partial charge in [0.2, 0.25) is 0 Å². The number of anilines is 1. The Morgan fingerprint density at radius 1 is 1.31 bits per heavy atom. The maximum absolute atomic E-state index is 12.6. The van der Waals surface area contributed by atoms with Gasteiger partial charge in [-0.15, -0.1) is 0 Å². The van der Waals surface area contributed by atoms with E-state index in [-0.39, 0.29) is 11.6 Å². The molecule has 0 aliphatic carbocycles. The Balaban J connectivity index is 2.99. The standard InChI is InChI=1S/C12H16F3N/c1-4-9(3)16-10-6-5-8(2)11(7-10)12(13,14)15/h5-7,9,16H,4H2,1-3H3. The molecule has 1 atom stereocenters. The minimum Gasteiger partial charge on any atom is -0.383 e. The lowest BCUT2D eigenvalue weighted by atomic mass is 10.1. The molecule has 4 heteroatoms. The van der Waals surface area contributed by atoms with Crippen LogP contribution in [0.3, 0.4) is 0 Å². The predicted molar refractivity (Wildman–Crippen MR) is 59.6 cm³/mol. The van der Waals surface area contributed by atoms with E-state index in [0.717, 1.165) is 6.42 Å². The fourth-order valence-electron chi connectivity index (χ4n) is 1.40. The quantitative estimate of drug-likeness (QED) is 0.821. The van der Waals surface area contributed by atoms with Crippen LogP contribution in [0.1, 0.15) is 31.4 Å². The minimum absolute atomic E-state index is 0.170. The molecule has 0 fully saturated rings. The summed E-state index contributed by atoms with van der Waals surface area (Å²) in [5.41, 5.74) is 0.204. The maximum Gasteiger partial charge on any atom is 0.416 e. The molecule has 0 radical (unpaired) electrons. The van der Waals surface area contributed by atoms with Crippen molar-refractivity contribution < 1.29 is 13.2 Å². The van der Waals surface area contributed by atoms with E-state index in [4.69, 9.17) is 0 Å². The largest absolute Gasteiger partial charge is 0.416 e. The van der Waals surface area contributed by atoms with Gasteiger partial charge in [0, 0.05) is 11.7 Å². The molecular formula is C12H16F3N. The van der Waals surface area contributed by atoms with Crippen LogP contribution >= 0.6 is 0 Å². The third kappa shape index (κ3) is 3.15. The van der Waals surface area contributed by atoms with Gasteiger partial charge < -0.3 is 5.32 Å². The van der Waals surface area contributed by atoms with Gasteiger partial charge in [0.1, 0.15) is 0 Å². The van der Waals surface area contributed by atoms with Crippen LogP contribution in [-0.2, 0) is 6.18 Å². The molecule has 0 amide bonds. The van der Waals surface area contributed by atoms with Crippen molar-refractivity contribution in [2.75, 3.05) is 5.32 Å². The smallest absolute Gasteiger partial charge is 0.383 e. The van der Waals surface area contributed by atoms with Gasteiger partial charge in [-0.1, -0.05) is 13.0 Å². The van der Waals surface area contributed by atoms with Crippen molar-refractivity contribution in [2.24, 2.45) is 0 Å². The summed E-state index contributed by atoms with van der Waals surface area (Å²) in [6.07, 6.45) is -3.41. The highest BCUT2D eigenvalue weighted by atomic mass is 19.4. The lowest BCUT2D eigenvalue weighted by Crippen LogP contribution is -2.15. The minimum atomic E-state index is -4.28. The van der Waals surface area contributed by atoms with Crippen LogP contribution in [0.5, 0.6) is 0 Å². The van der Waals surface area contributed by atoms with Crippen LogP contribution < -0.4 is 5.32 Å². The second kappa shape index (κ2) is 4.76. The molecule has 1 nitrogen and oxygen atoms in total. The van der Waals surface area contributed by atoms with Crippen LogP contribution in [0.15, 0.2) is 18.2 Å². The number of hydrogen-bond acceptors (Lipinski definition) is 1.